The normalized spacial score (nSPS) is 27.5. The molecule has 21 heavy (non-hydrogen) atoms. The maximum absolute atomic E-state index is 6.20. The fourth-order valence-electron chi connectivity index (χ4n) is 3.59. The van der Waals surface area contributed by atoms with Crippen molar-refractivity contribution in [1.29, 1.82) is 0 Å². The van der Waals surface area contributed by atoms with Crippen molar-refractivity contribution in [1.82, 2.24) is 15.3 Å². The van der Waals surface area contributed by atoms with Crippen LogP contribution in [-0.2, 0) is 0 Å². The van der Waals surface area contributed by atoms with Crippen LogP contribution in [0.2, 0.25) is 0 Å². The van der Waals surface area contributed by atoms with E-state index < -0.39 is 0 Å². The molecule has 1 N–H and O–H groups in total. The van der Waals surface area contributed by atoms with E-state index in [9.17, 15) is 0 Å². The van der Waals surface area contributed by atoms with Gasteiger partial charge in [0.2, 0.25) is 0 Å². The van der Waals surface area contributed by atoms with Crippen molar-refractivity contribution in [2.45, 2.75) is 18.9 Å². The molecule has 3 atom stereocenters. The van der Waals surface area contributed by atoms with Crippen LogP contribution in [0.4, 0.5) is 0 Å². The van der Waals surface area contributed by atoms with Gasteiger partial charge < -0.3 is 10.1 Å². The van der Waals surface area contributed by atoms with Crippen LogP contribution in [0.3, 0.4) is 0 Å². The van der Waals surface area contributed by atoms with Crippen LogP contribution in [0.5, 0.6) is 5.75 Å². The van der Waals surface area contributed by atoms with E-state index in [-0.39, 0.29) is 0 Å². The van der Waals surface area contributed by atoms with Crippen LogP contribution >= 0.6 is 0 Å². The highest BCUT2D eigenvalue weighted by Gasteiger charge is 2.38. The molecule has 2 aromatic rings. The number of aromatic nitrogens is 2. The molecular weight excluding hydrogens is 262 g/mol. The first-order chi connectivity index (χ1) is 10.4. The molecule has 0 bridgehead atoms. The summed E-state index contributed by atoms with van der Waals surface area (Å²) in [6, 6.07) is 10.1. The molecule has 108 valence electrons. The Hall–Kier alpha value is -1.94. The maximum atomic E-state index is 6.20. The Bertz CT molecular complexity index is 604. The zero-order valence-corrected chi connectivity index (χ0v) is 11.9. The van der Waals surface area contributed by atoms with Crippen LogP contribution in [0.15, 0.2) is 42.9 Å². The van der Waals surface area contributed by atoms with E-state index >= 15 is 0 Å². The Kier molecular flexibility index (Phi) is 3.31. The van der Waals surface area contributed by atoms with Crippen molar-refractivity contribution in [3.63, 3.8) is 0 Å². The summed E-state index contributed by atoms with van der Waals surface area (Å²) >= 11 is 0. The molecule has 2 unspecified atom stereocenters. The van der Waals surface area contributed by atoms with E-state index in [0.29, 0.717) is 6.10 Å². The molecule has 0 spiro atoms. The van der Waals surface area contributed by atoms with Gasteiger partial charge in [0.25, 0.3) is 0 Å². The molecule has 1 aliphatic carbocycles. The van der Waals surface area contributed by atoms with Crippen molar-refractivity contribution >= 4 is 0 Å². The minimum Gasteiger partial charge on any atom is -0.490 e. The number of nitrogens with one attached hydrogen (secondary N) is 1. The summed E-state index contributed by atoms with van der Waals surface area (Å²) in [6.07, 6.45) is 6.06. The first-order valence-corrected chi connectivity index (χ1v) is 7.62. The van der Waals surface area contributed by atoms with Gasteiger partial charge in [0, 0.05) is 11.8 Å². The molecule has 0 amide bonds. The van der Waals surface area contributed by atoms with Crippen molar-refractivity contribution in [2.75, 3.05) is 13.1 Å². The van der Waals surface area contributed by atoms with Gasteiger partial charge in [-0.15, -0.1) is 0 Å². The largest absolute Gasteiger partial charge is 0.490 e. The fourth-order valence-corrected chi connectivity index (χ4v) is 3.59. The molecule has 1 aromatic carbocycles. The molecule has 4 nitrogen and oxygen atoms in total. The number of ether oxygens (including phenoxy) is 1. The topological polar surface area (TPSA) is 47.0 Å². The van der Waals surface area contributed by atoms with E-state index in [2.05, 4.69) is 27.4 Å². The van der Waals surface area contributed by atoms with Crippen LogP contribution < -0.4 is 10.1 Å². The predicted octanol–water partition coefficient (Wildman–Crippen LogP) is 2.52. The molecule has 4 heteroatoms. The number of nitrogens with zero attached hydrogens (tertiary/aromatic N) is 2. The summed E-state index contributed by atoms with van der Waals surface area (Å²) in [5.41, 5.74) is 2.01. The second kappa shape index (κ2) is 5.45. The second-order valence-corrected chi connectivity index (χ2v) is 6.01. The quantitative estimate of drug-likeness (QED) is 0.939. The SMILES string of the molecule is c1cc(OC2CC3CNC[C@H]3C2)cc(-c2ccncn2)c1. The van der Waals surface area contributed by atoms with Crippen LogP contribution in [0.25, 0.3) is 11.3 Å². The van der Waals surface area contributed by atoms with Crippen LogP contribution in [-0.4, -0.2) is 29.2 Å². The first kappa shape index (κ1) is 12.8. The van der Waals surface area contributed by atoms with E-state index in [1.165, 1.54) is 12.8 Å². The molecule has 4 rings (SSSR count). The average molecular weight is 281 g/mol. The molecule has 1 saturated carbocycles. The zero-order valence-electron chi connectivity index (χ0n) is 11.9. The van der Waals surface area contributed by atoms with Gasteiger partial charge in [-0.1, -0.05) is 12.1 Å². The third-order valence-electron chi connectivity index (χ3n) is 4.63. The predicted molar refractivity (Wildman–Crippen MR) is 81.0 cm³/mol. The number of hydrogen-bond donors (Lipinski definition) is 1. The number of benzene rings is 1. The summed E-state index contributed by atoms with van der Waals surface area (Å²) in [6.45, 7) is 2.32. The van der Waals surface area contributed by atoms with Crippen molar-refractivity contribution < 1.29 is 4.74 Å². The van der Waals surface area contributed by atoms with Gasteiger partial charge in [-0.2, -0.15) is 0 Å². The number of fused-ring (bicyclic) bond motifs is 1. The third-order valence-corrected chi connectivity index (χ3v) is 4.63. The summed E-state index contributed by atoms with van der Waals surface area (Å²) in [5, 5.41) is 3.47. The van der Waals surface area contributed by atoms with E-state index in [0.717, 1.165) is 41.9 Å². The average Bonchev–Trinajstić information content (AvgIpc) is 3.10. The summed E-state index contributed by atoms with van der Waals surface area (Å²) in [4.78, 5) is 8.25. The number of rotatable bonds is 3. The van der Waals surface area contributed by atoms with Crippen LogP contribution in [0.1, 0.15) is 12.8 Å². The van der Waals surface area contributed by atoms with Gasteiger partial charge in [-0.25, -0.2) is 9.97 Å². The van der Waals surface area contributed by atoms with Gasteiger partial charge in [0.15, 0.2) is 0 Å². The molecule has 1 aromatic heterocycles. The first-order valence-electron chi connectivity index (χ1n) is 7.62. The van der Waals surface area contributed by atoms with Crippen molar-refractivity contribution in [3.8, 4) is 17.0 Å². The summed E-state index contributed by atoms with van der Waals surface area (Å²) in [7, 11) is 0. The maximum Gasteiger partial charge on any atom is 0.120 e. The minimum atomic E-state index is 0.364. The van der Waals surface area contributed by atoms with Gasteiger partial charge in [0.05, 0.1) is 11.8 Å². The van der Waals surface area contributed by atoms with E-state index in [1.807, 2.05) is 18.2 Å². The van der Waals surface area contributed by atoms with Gasteiger partial charge >= 0.3 is 0 Å². The molecule has 1 saturated heterocycles. The molecule has 2 heterocycles. The van der Waals surface area contributed by atoms with Gasteiger partial charge in [-0.3, -0.25) is 0 Å². The molecule has 1 aliphatic heterocycles. The number of hydrogen-bond acceptors (Lipinski definition) is 4. The summed E-state index contributed by atoms with van der Waals surface area (Å²) < 4.78 is 6.20. The lowest BCUT2D eigenvalue weighted by molar-refractivity contribution is 0.199. The zero-order chi connectivity index (χ0) is 14.1. The third kappa shape index (κ3) is 2.63. The Morgan fingerprint density at radius 3 is 2.71 bits per heavy atom. The lowest BCUT2D eigenvalue weighted by Gasteiger charge is -2.15. The van der Waals surface area contributed by atoms with E-state index in [4.69, 9.17) is 4.74 Å². The highest BCUT2D eigenvalue weighted by Crippen LogP contribution is 2.36. The minimum absolute atomic E-state index is 0.364. The molecule has 2 fully saturated rings. The van der Waals surface area contributed by atoms with Crippen molar-refractivity contribution in [2.24, 2.45) is 11.8 Å². The van der Waals surface area contributed by atoms with Crippen molar-refractivity contribution in [3.05, 3.63) is 42.9 Å². The lowest BCUT2D eigenvalue weighted by atomic mass is 10.0. The second-order valence-electron chi connectivity index (χ2n) is 6.01. The smallest absolute Gasteiger partial charge is 0.120 e. The molecule has 0 radical (unpaired) electrons. The Balaban J connectivity index is 1.49. The highest BCUT2D eigenvalue weighted by molar-refractivity contribution is 5.60. The Morgan fingerprint density at radius 1 is 1.10 bits per heavy atom. The lowest BCUT2D eigenvalue weighted by Crippen LogP contribution is -2.18. The standard InChI is InChI=1S/C17H19N3O/c1-2-12(17-4-5-18-11-20-17)6-15(3-1)21-16-7-13-9-19-10-14(13)8-16/h1-6,11,13-14,16,19H,7-10H2/t13-,14?,16?/m1/s1. The molecular formula is C17H19N3O. The van der Waals surface area contributed by atoms with Gasteiger partial charge in [-0.05, 0) is 56.0 Å². The Morgan fingerprint density at radius 2 is 1.95 bits per heavy atom. The monoisotopic (exact) mass is 281 g/mol. The van der Waals surface area contributed by atoms with Gasteiger partial charge in [0.1, 0.15) is 12.1 Å². The van der Waals surface area contributed by atoms with E-state index in [1.54, 1.807) is 12.5 Å². The fraction of sp³-hybridized carbons (Fsp3) is 0.412. The highest BCUT2D eigenvalue weighted by atomic mass is 16.5. The van der Waals surface area contributed by atoms with Crippen LogP contribution in [0, 0.1) is 11.8 Å². The summed E-state index contributed by atoms with van der Waals surface area (Å²) in [5.74, 6) is 2.56. The molecule has 2 aliphatic rings. The Labute approximate surface area is 124 Å².